The third-order valence-corrected chi connectivity index (χ3v) is 6.36. The smallest absolute Gasteiger partial charge is 0.230 e. The van der Waals surface area contributed by atoms with Gasteiger partial charge in [-0.25, -0.2) is 4.98 Å². The van der Waals surface area contributed by atoms with E-state index in [2.05, 4.69) is 32.6 Å². The van der Waals surface area contributed by atoms with E-state index < -0.39 is 5.54 Å². The molecule has 0 atom stereocenters. The van der Waals surface area contributed by atoms with Crippen molar-refractivity contribution in [2.24, 2.45) is 0 Å². The van der Waals surface area contributed by atoms with Crippen molar-refractivity contribution in [3.05, 3.63) is 64.3 Å². The van der Waals surface area contributed by atoms with Gasteiger partial charge in [0.25, 0.3) is 0 Å². The highest BCUT2D eigenvalue weighted by molar-refractivity contribution is 7.18. The highest BCUT2D eigenvalue weighted by atomic mass is 35.5. The van der Waals surface area contributed by atoms with E-state index in [1.54, 1.807) is 0 Å². The van der Waals surface area contributed by atoms with E-state index in [9.17, 15) is 4.79 Å². The minimum atomic E-state index is -0.710. The van der Waals surface area contributed by atoms with E-state index in [-0.39, 0.29) is 18.2 Å². The number of halogens is 1. The van der Waals surface area contributed by atoms with E-state index in [4.69, 9.17) is 21.3 Å². The maximum Gasteiger partial charge on any atom is 0.230 e. The Hall–Kier alpha value is -3.28. The molecule has 7 nitrogen and oxygen atoms in total. The van der Waals surface area contributed by atoms with Crippen molar-refractivity contribution in [2.75, 3.05) is 0 Å². The van der Waals surface area contributed by atoms with Crippen molar-refractivity contribution in [2.45, 2.75) is 31.2 Å². The number of carbonyl (C=O) groups is 1. The second-order valence-corrected chi connectivity index (χ2v) is 8.99. The van der Waals surface area contributed by atoms with E-state index in [0.29, 0.717) is 30.2 Å². The Bertz CT molecular complexity index is 1320. The van der Waals surface area contributed by atoms with E-state index in [1.807, 2.05) is 36.4 Å². The number of benzene rings is 2. The van der Waals surface area contributed by atoms with E-state index in [1.165, 1.54) is 11.3 Å². The molecule has 1 saturated carbocycles. The maximum absolute atomic E-state index is 12.1. The standard InChI is InChI=1S/C22H16ClN5O2S/c23-15-8-14(13-4-2-1-3-5-13)9-16-21(15)25-20(31-16)11-19-28-27-18(30-19)10-17(29)26-22(12-24)6-7-22/h1-5,8-9H,6-7,10-11H2,(H,26,29). The summed E-state index contributed by atoms with van der Waals surface area (Å²) in [5, 5.41) is 21.1. The van der Waals surface area contributed by atoms with Crippen LogP contribution in [-0.2, 0) is 17.6 Å². The molecule has 0 bridgehead atoms. The van der Waals surface area contributed by atoms with Crippen LogP contribution in [0.3, 0.4) is 0 Å². The Kier molecular flexibility index (Phi) is 4.93. The summed E-state index contributed by atoms with van der Waals surface area (Å²) in [5.41, 5.74) is 2.15. The molecule has 2 heterocycles. The molecular formula is C22H16ClN5O2S. The number of carbonyl (C=O) groups excluding carboxylic acids is 1. The quantitative estimate of drug-likeness (QED) is 0.470. The summed E-state index contributed by atoms with van der Waals surface area (Å²) >= 11 is 8.00. The summed E-state index contributed by atoms with van der Waals surface area (Å²) < 4.78 is 6.59. The zero-order chi connectivity index (χ0) is 21.4. The normalized spacial score (nSPS) is 14.3. The molecule has 1 fully saturated rings. The number of aromatic nitrogens is 3. The second kappa shape index (κ2) is 7.76. The first-order valence-corrected chi connectivity index (χ1v) is 10.9. The highest BCUT2D eigenvalue weighted by Crippen LogP contribution is 2.35. The van der Waals surface area contributed by atoms with Crippen LogP contribution in [-0.4, -0.2) is 26.6 Å². The van der Waals surface area contributed by atoms with Gasteiger partial charge in [-0.2, -0.15) is 5.26 Å². The average Bonchev–Trinajstić information content (AvgIpc) is 3.19. The number of nitriles is 1. The van der Waals surface area contributed by atoms with Crippen molar-refractivity contribution in [1.82, 2.24) is 20.5 Å². The van der Waals surface area contributed by atoms with Gasteiger partial charge in [0.15, 0.2) is 0 Å². The van der Waals surface area contributed by atoms with Gasteiger partial charge in [0.05, 0.1) is 22.2 Å². The Morgan fingerprint density at radius 2 is 1.97 bits per heavy atom. The molecule has 0 radical (unpaired) electrons. The molecule has 2 aromatic heterocycles. The molecule has 1 aliphatic carbocycles. The van der Waals surface area contributed by atoms with Gasteiger partial charge in [-0.3, -0.25) is 4.79 Å². The lowest BCUT2D eigenvalue weighted by Crippen LogP contribution is -2.36. The molecule has 2 aromatic carbocycles. The minimum absolute atomic E-state index is 0.0530. The molecule has 31 heavy (non-hydrogen) atoms. The van der Waals surface area contributed by atoms with Crippen LogP contribution in [0.5, 0.6) is 0 Å². The summed E-state index contributed by atoms with van der Waals surface area (Å²) in [6, 6.07) is 16.1. The average molecular weight is 450 g/mol. The minimum Gasteiger partial charge on any atom is -0.424 e. The Balaban J connectivity index is 1.31. The lowest BCUT2D eigenvalue weighted by atomic mass is 10.1. The highest BCUT2D eigenvalue weighted by Gasteiger charge is 2.44. The molecular weight excluding hydrogens is 434 g/mol. The van der Waals surface area contributed by atoms with Crippen molar-refractivity contribution in [3.8, 4) is 17.2 Å². The van der Waals surface area contributed by atoms with Crippen molar-refractivity contribution < 1.29 is 9.21 Å². The van der Waals surface area contributed by atoms with Gasteiger partial charge in [-0.15, -0.1) is 21.5 Å². The number of hydrogen-bond donors (Lipinski definition) is 1. The summed E-state index contributed by atoms with van der Waals surface area (Å²) in [4.78, 5) is 16.7. The summed E-state index contributed by atoms with van der Waals surface area (Å²) in [6.45, 7) is 0. The van der Waals surface area contributed by atoms with Gasteiger partial charge in [0, 0.05) is 0 Å². The van der Waals surface area contributed by atoms with Crippen LogP contribution >= 0.6 is 22.9 Å². The van der Waals surface area contributed by atoms with Crippen LogP contribution in [0.2, 0.25) is 5.02 Å². The van der Waals surface area contributed by atoms with Gasteiger partial charge >= 0.3 is 0 Å². The molecule has 9 heteroatoms. The molecule has 154 valence electrons. The first-order chi connectivity index (χ1) is 15.0. The maximum atomic E-state index is 12.1. The third-order valence-electron chi connectivity index (χ3n) is 5.07. The second-order valence-electron chi connectivity index (χ2n) is 7.46. The van der Waals surface area contributed by atoms with Gasteiger partial charge in [0.1, 0.15) is 22.5 Å². The lowest BCUT2D eigenvalue weighted by Gasteiger charge is -2.06. The predicted molar refractivity (Wildman–Crippen MR) is 117 cm³/mol. The number of thiazole rings is 1. The summed E-state index contributed by atoms with van der Waals surface area (Å²) in [7, 11) is 0. The fraction of sp³-hybridized carbons (Fsp3) is 0.227. The third kappa shape index (κ3) is 4.15. The Labute approximate surface area is 186 Å². The first kappa shape index (κ1) is 19.7. The van der Waals surface area contributed by atoms with Crippen LogP contribution in [0.25, 0.3) is 21.3 Å². The number of fused-ring (bicyclic) bond motifs is 1. The SMILES string of the molecule is N#CC1(NC(=O)Cc2nnc(Cc3nc4c(Cl)cc(-c5ccccc5)cc4s3)o2)CC1. The first-order valence-electron chi connectivity index (χ1n) is 9.71. The number of hydrogen-bond acceptors (Lipinski definition) is 7. The molecule has 1 amide bonds. The molecule has 1 N–H and O–H groups in total. The van der Waals surface area contributed by atoms with Crippen LogP contribution in [0.1, 0.15) is 29.6 Å². The predicted octanol–water partition coefficient (Wildman–Crippen LogP) is 4.31. The Morgan fingerprint density at radius 1 is 1.19 bits per heavy atom. The van der Waals surface area contributed by atoms with Gasteiger partial charge in [-0.1, -0.05) is 41.9 Å². The van der Waals surface area contributed by atoms with Crippen LogP contribution in [0, 0.1) is 11.3 Å². The lowest BCUT2D eigenvalue weighted by molar-refractivity contribution is -0.121. The fourth-order valence-corrected chi connectivity index (χ4v) is 4.65. The van der Waals surface area contributed by atoms with E-state index >= 15 is 0 Å². The van der Waals surface area contributed by atoms with Gasteiger partial charge in [0.2, 0.25) is 17.7 Å². The van der Waals surface area contributed by atoms with Crippen molar-refractivity contribution in [1.29, 1.82) is 5.26 Å². The fourth-order valence-electron chi connectivity index (χ4n) is 3.31. The van der Waals surface area contributed by atoms with Gasteiger partial charge < -0.3 is 9.73 Å². The number of rotatable bonds is 6. The monoisotopic (exact) mass is 449 g/mol. The molecule has 0 unspecified atom stereocenters. The number of nitrogens with zero attached hydrogens (tertiary/aromatic N) is 4. The van der Waals surface area contributed by atoms with Crippen LogP contribution in [0.4, 0.5) is 0 Å². The molecule has 0 spiro atoms. The van der Waals surface area contributed by atoms with Gasteiger partial charge in [-0.05, 0) is 36.1 Å². The summed E-state index contributed by atoms with van der Waals surface area (Å²) in [5.74, 6) is 0.295. The molecule has 4 aromatic rings. The number of amides is 1. The molecule has 1 aliphatic rings. The molecule has 0 aliphatic heterocycles. The summed E-state index contributed by atoms with van der Waals surface area (Å²) in [6.07, 6.45) is 1.66. The van der Waals surface area contributed by atoms with Crippen LogP contribution in [0.15, 0.2) is 46.9 Å². The van der Waals surface area contributed by atoms with Crippen molar-refractivity contribution >= 4 is 39.1 Å². The zero-order valence-electron chi connectivity index (χ0n) is 16.3. The van der Waals surface area contributed by atoms with E-state index in [0.717, 1.165) is 26.4 Å². The molecule has 5 rings (SSSR count). The largest absolute Gasteiger partial charge is 0.424 e. The zero-order valence-corrected chi connectivity index (χ0v) is 17.8. The van der Waals surface area contributed by atoms with Crippen molar-refractivity contribution in [3.63, 3.8) is 0 Å². The topological polar surface area (TPSA) is 105 Å². The van der Waals surface area contributed by atoms with Crippen LogP contribution < -0.4 is 5.32 Å². The molecule has 0 saturated heterocycles. The number of nitrogens with one attached hydrogen (secondary N) is 1. The Morgan fingerprint density at radius 3 is 2.71 bits per heavy atom.